The maximum atomic E-state index is 15.8. The van der Waals surface area contributed by atoms with Crippen LogP contribution in [0.3, 0.4) is 0 Å². The number of hydrogen-bond donors (Lipinski definition) is 1. The molecule has 232 valence electrons. The molecule has 1 N–H and O–H groups in total. The summed E-state index contributed by atoms with van der Waals surface area (Å²) in [5.74, 6) is -1.98. The van der Waals surface area contributed by atoms with Crippen molar-refractivity contribution >= 4 is 52.4 Å². The zero-order valence-electron chi connectivity index (χ0n) is 25.4. The topological polar surface area (TPSA) is 79.0 Å². The number of fused-ring (bicyclic) bond motifs is 2. The minimum Gasteiger partial charge on any atom is -0.465 e. The van der Waals surface area contributed by atoms with Crippen LogP contribution in [0.15, 0.2) is 60.7 Å². The van der Waals surface area contributed by atoms with Gasteiger partial charge in [-0.05, 0) is 66.3 Å². The number of carbonyl (C=O) groups excluding carboxylic acids is 3. The highest BCUT2D eigenvalue weighted by Crippen LogP contribution is 2.58. The maximum Gasteiger partial charge on any atom is 0.337 e. The van der Waals surface area contributed by atoms with Crippen molar-refractivity contribution in [2.24, 2.45) is 5.41 Å². The lowest BCUT2D eigenvalue weighted by atomic mass is 9.75. The van der Waals surface area contributed by atoms with Crippen molar-refractivity contribution in [3.8, 4) is 0 Å². The van der Waals surface area contributed by atoms with E-state index in [-0.39, 0.29) is 28.3 Å². The Morgan fingerprint density at radius 1 is 1.11 bits per heavy atom. The summed E-state index contributed by atoms with van der Waals surface area (Å²) in [6, 6.07) is 16.7. The van der Waals surface area contributed by atoms with Crippen molar-refractivity contribution in [2.75, 3.05) is 30.4 Å². The quantitative estimate of drug-likeness (QED) is 0.272. The molecule has 10 heteroatoms. The highest BCUT2D eigenvalue weighted by atomic mass is 35.5. The Kier molecular flexibility index (Phi) is 8.82. The summed E-state index contributed by atoms with van der Waals surface area (Å²) < 4.78 is 20.6. The van der Waals surface area contributed by atoms with Gasteiger partial charge in [0.05, 0.1) is 17.7 Å². The van der Waals surface area contributed by atoms with Crippen molar-refractivity contribution < 1.29 is 23.5 Å². The van der Waals surface area contributed by atoms with Gasteiger partial charge in [-0.2, -0.15) is 0 Å². The fourth-order valence-electron chi connectivity index (χ4n) is 6.80. The van der Waals surface area contributed by atoms with Crippen molar-refractivity contribution in [3.05, 3.63) is 93.2 Å². The molecule has 2 aliphatic heterocycles. The number of rotatable bonds is 7. The average Bonchev–Trinajstić information content (AvgIpc) is 3.43. The summed E-state index contributed by atoms with van der Waals surface area (Å²) >= 11 is 12.6. The molecule has 0 saturated carbocycles. The summed E-state index contributed by atoms with van der Waals surface area (Å²) in [6.07, 6.45) is 0.959. The first-order valence-corrected chi connectivity index (χ1v) is 15.3. The van der Waals surface area contributed by atoms with E-state index in [0.29, 0.717) is 53.5 Å². The molecule has 2 amide bonds. The van der Waals surface area contributed by atoms with Crippen molar-refractivity contribution in [1.29, 1.82) is 0 Å². The number of benzene rings is 3. The van der Waals surface area contributed by atoms with E-state index in [2.05, 4.69) is 31.0 Å². The molecule has 0 bridgehead atoms. The number of ether oxygens (including phenoxy) is 1. The number of hydrogen-bond acceptors (Lipinski definition) is 5. The third kappa shape index (κ3) is 5.71. The molecule has 0 aliphatic carbocycles. The fourth-order valence-corrected chi connectivity index (χ4v) is 7.16. The number of esters is 1. The zero-order valence-corrected chi connectivity index (χ0v) is 26.9. The second-order valence-corrected chi connectivity index (χ2v) is 13.5. The highest BCUT2D eigenvalue weighted by Gasteiger charge is 2.63. The van der Waals surface area contributed by atoms with Crippen LogP contribution in [0.4, 0.5) is 15.8 Å². The number of amides is 2. The highest BCUT2D eigenvalue weighted by molar-refractivity contribution is 6.31. The van der Waals surface area contributed by atoms with Crippen molar-refractivity contribution in [2.45, 2.75) is 58.0 Å². The van der Waals surface area contributed by atoms with Crippen LogP contribution in [0.25, 0.3) is 0 Å². The van der Waals surface area contributed by atoms with E-state index in [9.17, 15) is 14.4 Å². The van der Waals surface area contributed by atoms with Gasteiger partial charge in [0.25, 0.3) is 0 Å². The predicted molar refractivity (Wildman–Crippen MR) is 171 cm³/mol. The van der Waals surface area contributed by atoms with Gasteiger partial charge in [-0.3, -0.25) is 14.5 Å². The van der Waals surface area contributed by atoms with Crippen LogP contribution in [-0.4, -0.2) is 48.9 Å². The zero-order chi connectivity index (χ0) is 32.0. The number of carbonyl (C=O) groups is 3. The number of likely N-dealkylation sites (tertiary alicyclic amines) is 1. The molecule has 0 aromatic heterocycles. The van der Waals surface area contributed by atoms with Gasteiger partial charge >= 0.3 is 5.97 Å². The molecule has 2 heterocycles. The Bertz CT molecular complexity index is 1610. The van der Waals surface area contributed by atoms with Gasteiger partial charge in [-0.25, -0.2) is 9.18 Å². The molecule has 3 aromatic rings. The molecule has 5 rings (SSSR count). The second kappa shape index (κ2) is 12.1. The van der Waals surface area contributed by atoms with Gasteiger partial charge < -0.3 is 15.0 Å². The van der Waals surface area contributed by atoms with Gasteiger partial charge in [0, 0.05) is 53.9 Å². The van der Waals surface area contributed by atoms with E-state index < -0.39 is 23.2 Å². The van der Waals surface area contributed by atoms with Gasteiger partial charge in [-0.1, -0.05) is 62.2 Å². The SMILES string of the molecule is COC(=O)c1ccc(N(CC[C@H]2C[C@H](c3cccc(Cl)c3F)[C@]3(C(=O)Nc4cc(Cl)ccc43)N2CC(C)(C)C)C(C)=O)cc1. The lowest BCUT2D eigenvalue weighted by molar-refractivity contribution is -0.128. The molecule has 3 aromatic carbocycles. The molecule has 44 heavy (non-hydrogen) atoms. The molecule has 0 radical (unpaired) electrons. The van der Waals surface area contributed by atoms with E-state index in [1.165, 1.54) is 20.1 Å². The van der Waals surface area contributed by atoms with E-state index in [1.54, 1.807) is 53.4 Å². The van der Waals surface area contributed by atoms with Crippen LogP contribution >= 0.6 is 23.2 Å². The summed E-state index contributed by atoms with van der Waals surface area (Å²) in [5.41, 5.74) is 1.27. The Labute approximate surface area is 267 Å². The van der Waals surface area contributed by atoms with Crippen LogP contribution in [-0.2, 0) is 19.9 Å². The first-order valence-electron chi connectivity index (χ1n) is 14.6. The van der Waals surface area contributed by atoms with Gasteiger partial charge in [-0.15, -0.1) is 0 Å². The summed E-state index contributed by atoms with van der Waals surface area (Å²) in [6.45, 7) is 8.67. The largest absolute Gasteiger partial charge is 0.465 e. The van der Waals surface area contributed by atoms with Crippen LogP contribution < -0.4 is 10.2 Å². The van der Waals surface area contributed by atoms with Crippen LogP contribution in [0.5, 0.6) is 0 Å². The number of methoxy groups -OCH3 is 1. The van der Waals surface area contributed by atoms with Gasteiger partial charge in [0.1, 0.15) is 11.4 Å². The van der Waals surface area contributed by atoms with Crippen LogP contribution in [0.2, 0.25) is 10.0 Å². The summed E-state index contributed by atoms with van der Waals surface area (Å²) in [5, 5.41) is 3.53. The smallest absolute Gasteiger partial charge is 0.337 e. The number of nitrogens with one attached hydrogen (secondary N) is 1. The standard InChI is InChI=1S/C34H36Cl2FN3O4/c1-20(41)39(23-12-9-21(10-13-23)31(42)44-5)16-15-24-18-27(25-7-6-8-28(36)30(25)37)34(40(24)19-33(2,3)4)26-14-11-22(35)17-29(26)38-32(34)43/h6-14,17,24,27H,15-16,18-19H2,1-5H3,(H,38,43)/t24-,27+,34+/m0/s1. The molecule has 2 aliphatic rings. The van der Waals surface area contributed by atoms with Gasteiger partial charge in [0.2, 0.25) is 11.8 Å². The fraction of sp³-hybridized carbons (Fsp3) is 0.382. The first kappa shape index (κ1) is 31.9. The van der Waals surface area contributed by atoms with Crippen LogP contribution in [0, 0.1) is 11.2 Å². The molecule has 7 nitrogen and oxygen atoms in total. The van der Waals surface area contributed by atoms with Crippen molar-refractivity contribution in [3.63, 3.8) is 0 Å². The van der Waals surface area contributed by atoms with Gasteiger partial charge in [0.15, 0.2) is 0 Å². The Balaban J connectivity index is 1.59. The van der Waals surface area contributed by atoms with Crippen LogP contribution in [0.1, 0.15) is 67.9 Å². The third-order valence-electron chi connectivity index (χ3n) is 8.56. The molecule has 1 spiro atoms. The Morgan fingerprint density at radius 2 is 1.82 bits per heavy atom. The first-order chi connectivity index (χ1) is 20.8. The molecule has 3 atom stereocenters. The Morgan fingerprint density at radius 3 is 2.45 bits per heavy atom. The minimum absolute atomic E-state index is 0.00337. The monoisotopic (exact) mass is 639 g/mol. The lowest BCUT2D eigenvalue weighted by Crippen LogP contribution is -2.54. The summed E-state index contributed by atoms with van der Waals surface area (Å²) in [4.78, 5) is 43.0. The number of anilines is 2. The molecule has 1 fully saturated rings. The molecular formula is C34H36Cl2FN3O4. The average molecular weight is 641 g/mol. The normalized spacial score (nSPS) is 21.3. The van der Waals surface area contributed by atoms with E-state index in [0.717, 1.165) is 5.56 Å². The van der Waals surface area contributed by atoms with E-state index >= 15 is 4.39 Å². The van der Waals surface area contributed by atoms with Crippen molar-refractivity contribution in [1.82, 2.24) is 4.90 Å². The molecule has 1 saturated heterocycles. The predicted octanol–water partition coefficient (Wildman–Crippen LogP) is 7.41. The van der Waals surface area contributed by atoms with E-state index in [1.807, 2.05) is 6.07 Å². The second-order valence-electron chi connectivity index (χ2n) is 12.7. The number of halogens is 3. The third-order valence-corrected chi connectivity index (χ3v) is 9.09. The maximum absolute atomic E-state index is 15.8. The Hall–Kier alpha value is -3.46. The minimum atomic E-state index is -1.23. The number of nitrogens with zero attached hydrogens (tertiary/aromatic N) is 2. The molecular weight excluding hydrogens is 604 g/mol. The molecule has 0 unspecified atom stereocenters. The summed E-state index contributed by atoms with van der Waals surface area (Å²) in [7, 11) is 1.32. The van der Waals surface area contributed by atoms with E-state index in [4.69, 9.17) is 27.9 Å². The lowest BCUT2D eigenvalue weighted by Gasteiger charge is -2.43.